The van der Waals surface area contributed by atoms with Gasteiger partial charge in [0, 0.05) is 0 Å². The Morgan fingerprint density at radius 3 is 1.96 bits per heavy atom. The fourth-order valence-corrected chi connectivity index (χ4v) is 1.78. The summed E-state index contributed by atoms with van der Waals surface area (Å²) in [6.45, 7) is 0. The topological polar surface area (TPSA) is 26.3 Å². The van der Waals surface area contributed by atoms with Crippen molar-refractivity contribution < 1.29 is 35.9 Å². The number of benzene rings is 2. The first-order valence-electron chi connectivity index (χ1n) is 6.14. The maximum Gasteiger partial charge on any atom is 0.417 e. The lowest BCUT2D eigenvalue weighted by atomic mass is 10.0. The Balaban J connectivity index is 2.43. The lowest BCUT2D eigenvalue weighted by Crippen LogP contribution is -2.19. The van der Waals surface area contributed by atoms with Gasteiger partial charge in [-0.15, -0.1) is 0 Å². The number of alkyl halides is 6. The van der Waals surface area contributed by atoms with Crippen molar-refractivity contribution in [1.29, 1.82) is 0 Å². The van der Waals surface area contributed by atoms with E-state index in [9.17, 15) is 31.1 Å². The Labute approximate surface area is 126 Å². The molecule has 0 spiro atoms. The van der Waals surface area contributed by atoms with E-state index in [0.29, 0.717) is 12.1 Å². The van der Waals surface area contributed by atoms with E-state index in [1.165, 1.54) is 24.3 Å². The van der Waals surface area contributed by atoms with E-state index in [2.05, 4.69) is 0 Å². The Hall–Kier alpha value is -2.51. The van der Waals surface area contributed by atoms with E-state index in [0.717, 1.165) is 0 Å². The largest absolute Gasteiger partial charge is 0.423 e. The molecule has 2 rings (SSSR count). The molecule has 0 unspecified atom stereocenters. The molecule has 122 valence electrons. The van der Waals surface area contributed by atoms with Crippen LogP contribution in [0.1, 0.15) is 21.5 Å². The van der Waals surface area contributed by atoms with Crippen molar-refractivity contribution in [2.45, 2.75) is 12.4 Å². The highest BCUT2D eigenvalue weighted by Crippen LogP contribution is 2.37. The summed E-state index contributed by atoms with van der Waals surface area (Å²) in [6, 6.07) is 7.97. The van der Waals surface area contributed by atoms with Crippen molar-refractivity contribution in [1.82, 2.24) is 0 Å². The maximum atomic E-state index is 12.9. The molecule has 0 aliphatic rings. The first-order valence-corrected chi connectivity index (χ1v) is 6.14. The number of hydrogen-bond acceptors (Lipinski definition) is 2. The summed E-state index contributed by atoms with van der Waals surface area (Å²) >= 11 is 0. The van der Waals surface area contributed by atoms with Crippen LogP contribution in [-0.2, 0) is 12.4 Å². The van der Waals surface area contributed by atoms with E-state index in [1.807, 2.05) is 0 Å². The third-order valence-electron chi connectivity index (χ3n) is 2.83. The molecule has 0 heterocycles. The molecule has 0 atom stereocenters. The van der Waals surface area contributed by atoms with Gasteiger partial charge < -0.3 is 4.74 Å². The van der Waals surface area contributed by atoms with E-state index in [1.54, 1.807) is 6.07 Å². The van der Waals surface area contributed by atoms with Gasteiger partial charge in [0.15, 0.2) is 0 Å². The molecule has 2 aromatic carbocycles. The minimum atomic E-state index is -5.13. The van der Waals surface area contributed by atoms with E-state index in [4.69, 9.17) is 4.74 Å². The molecular weight excluding hydrogens is 326 g/mol. The lowest BCUT2D eigenvalue weighted by Gasteiger charge is -2.15. The van der Waals surface area contributed by atoms with Gasteiger partial charge >= 0.3 is 18.3 Å². The highest BCUT2D eigenvalue weighted by Gasteiger charge is 2.39. The van der Waals surface area contributed by atoms with Gasteiger partial charge in [-0.3, -0.25) is 0 Å². The van der Waals surface area contributed by atoms with Gasteiger partial charge in [-0.1, -0.05) is 18.2 Å². The molecule has 2 aromatic rings. The van der Waals surface area contributed by atoms with Crippen LogP contribution in [0.25, 0.3) is 0 Å². The van der Waals surface area contributed by atoms with Gasteiger partial charge in [-0.25, -0.2) is 4.79 Å². The van der Waals surface area contributed by atoms with Crippen LogP contribution in [0, 0.1) is 0 Å². The highest BCUT2D eigenvalue weighted by molar-refractivity contribution is 5.93. The SMILES string of the molecule is O=C(Oc1ccccc1)c1ccc(C(F)(F)F)cc1C(F)(F)F. The van der Waals surface area contributed by atoms with Crippen molar-refractivity contribution in [3.8, 4) is 5.75 Å². The Kier molecular flexibility index (Phi) is 4.35. The van der Waals surface area contributed by atoms with E-state index >= 15 is 0 Å². The van der Waals surface area contributed by atoms with Gasteiger partial charge in [0.05, 0.1) is 16.7 Å². The zero-order valence-electron chi connectivity index (χ0n) is 11.2. The maximum absolute atomic E-state index is 12.9. The van der Waals surface area contributed by atoms with Crippen molar-refractivity contribution in [2.75, 3.05) is 0 Å². The van der Waals surface area contributed by atoms with Gasteiger partial charge in [-0.05, 0) is 30.3 Å². The predicted octanol–water partition coefficient (Wildman–Crippen LogP) is 4.94. The molecule has 0 aliphatic heterocycles. The number of esters is 1. The third-order valence-corrected chi connectivity index (χ3v) is 2.83. The first kappa shape index (κ1) is 16.9. The predicted molar refractivity (Wildman–Crippen MR) is 67.8 cm³/mol. The third kappa shape index (κ3) is 4.02. The minimum Gasteiger partial charge on any atom is -0.423 e. The molecule has 0 N–H and O–H groups in total. The Morgan fingerprint density at radius 1 is 0.826 bits per heavy atom. The smallest absolute Gasteiger partial charge is 0.417 e. The molecule has 0 aliphatic carbocycles. The molecule has 0 radical (unpaired) electrons. The lowest BCUT2D eigenvalue weighted by molar-refractivity contribution is -0.143. The van der Waals surface area contributed by atoms with Crippen molar-refractivity contribution in [2.24, 2.45) is 0 Å². The zero-order chi connectivity index (χ0) is 17.3. The summed E-state index contributed by atoms with van der Waals surface area (Å²) in [5.74, 6) is -1.41. The Bertz CT molecular complexity index is 704. The molecule has 0 saturated heterocycles. The van der Waals surface area contributed by atoms with Crippen LogP contribution in [0.4, 0.5) is 26.3 Å². The number of hydrogen-bond donors (Lipinski definition) is 0. The van der Waals surface area contributed by atoms with Crippen LogP contribution in [-0.4, -0.2) is 5.97 Å². The second-order valence-electron chi connectivity index (χ2n) is 4.46. The van der Waals surface area contributed by atoms with Gasteiger partial charge in [0.1, 0.15) is 5.75 Å². The average Bonchev–Trinajstić information content (AvgIpc) is 2.46. The number of para-hydroxylation sites is 1. The molecular formula is C15H8F6O2. The van der Waals surface area contributed by atoms with Gasteiger partial charge in [-0.2, -0.15) is 26.3 Å². The second kappa shape index (κ2) is 5.94. The number of ether oxygens (including phenoxy) is 1. The first-order chi connectivity index (χ1) is 10.6. The van der Waals surface area contributed by atoms with Crippen molar-refractivity contribution >= 4 is 5.97 Å². The fraction of sp³-hybridized carbons (Fsp3) is 0.133. The summed E-state index contributed by atoms with van der Waals surface area (Å²) in [7, 11) is 0. The van der Waals surface area contributed by atoms with Crippen LogP contribution >= 0.6 is 0 Å². The highest BCUT2D eigenvalue weighted by atomic mass is 19.4. The molecule has 2 nitrogen and oxygen atoms in total. The molecule has 0 aromatic heterocycles. The summed E-state index contributed by atoms with van der Waals surface area (Å²) in [5, 5.41) is 0. The normalized spacial score (nSPS) is 12.1. The number of carbonyl (C=O) groups excluding carboxylic acids is 1. The molecule has 0 amide bonds. The number of halogens is 6. The average molecular weight is 334 g/mol. The standard InChI is InChI=1S/C15H8F6O2/c16-14(17,18)9-6-7-11(12(8-9)15(19,20)21)13(22)23-10-4-2-1-3-5-10/h1-8H. The minimum absolute atomic E-state index is 0.0227. The van der Waals surface area contributed by atoms with E-state index < -0.39 is 35.0 Å². The van der Waals surface area contributed by atoms with Gasteiger partial charge in [0.25, 0.3) is 0 Å². The summed E-state index contributed by atoms with van der Waals surface area (Å²) in [6.07, 6.45) is -10.1. The van der Waals surface area contributed by atoms with Crippen LogP contribution < -0.4 is 4.74 Å². The van der Waals surface area contributed by atoms with Crippen LogP contribution in [0.3, 0.4) is 0 Å². The van der Waals surface area contributed by atoms with Crippen molar-refractivity contribution in [3.63, 3.8) is 0 Å². The molecule has 8 heteroatoms. The summed E-state index contributed by atoms with van der Waals surface area (Å²) < 4.78 is 81.2. The van der Waals surface area contributed by atoms with Gasteiger partial charge in [0.2, 0.25) is 0 Å². The molecule has 0 saturated carbocycles. The Morgan fingerprint density at radius 2 is 1.43 bits per heavy atom. The van der Waals surface area contributed by atoms with Crippen molar-refractivity contribution in [3.05, 3.63) is 65.2 Å². The number of carbonyl (C=O) groups is 1. The summed E-state index contributed by atoms with van der Waals surface area (Å²) in [5.41, 5.74) is -4.19. The van der Waals surface area contributed by atoms with E-state index in [-0.39, 0.29) is 11.8 Å². The van der Waals surface area contributed by atoms with Crippen LogP contribution in [0.2, 0.25) is 0 Å². The summed E-state index contributed by atoms with van der Waals surface area (Å²) in [4.78, 5) is 11.8. The molecule has 0 fully saturated rings. The molecule has 23 heavy (non-hydrogen) atoms. The quantitative estimate of drug-likeness (QED) is 0.442. The second-order valence-corrected chi connectivity index (χ2v) is 4.46. The fourth-order valence-electron chi connectivity index (χ4n) is 1.78. The number of rotatable bonds is 2. The zero-order valence-corrected chi connectivity index (χ0v) is 11.2. The van der Waals surface area contributed by atoms with Crippen LogP contribution in [0.15, 0.2) is 48.5 Å². The molecule has 0 bridgehead atoms. The monoisotopic (exact) mass is 334 g/mol. The van der Waals surface area contributed by atoms with Crippen LogP contribution in [0.5, 0.6) is 5.75 Å².